The van der Waals surface area contributed by atoms with Crippen LogP contribution in [0.25, 0.3) is 0 Å². The Labute approximate surface area is 116 Å². The molecule has 0 amide bonds. The van der Waals surface area contributed by atoms with Crippen LogP contribution in [-0.4, -0.2) is 20.0 Å². The van der Waals surface area contributed by atoms with Gasteiger partial charge in [0.15, 0.2) is 11.5 Å². The van der Waals surface area contributed by atoms with Crippen molar-refractivity contribution < 1.29 is 9.47 Å². The zero-order chi connectivity index (χ0) is 12.8. The summed E-state index contributed by atoms with van der Waals surface area (Å²) in [5.74, 6) is 4.41. The fourth-order valence-corrected chi connectivity index (χ4v) is 3.31. The Balaban J connectivity index is 2.80. The van der Waals surface area contributed by atoms with Gasteiger partial charge < -0.3 is 9.47 Å². The molecule has 0 saturated heterocycles. The minimum absolute atomic E-state index is 0.721. The number of methoxy groups -OCH3 is 2. The Hall–Kier alpha value is -0.350. The van der Waals surface area contributed by atoms with Crippen LogP contribution in [0.1, 0.15) is 19.4 Å². The molecule has 0 unspecified atom stereocenters. The predicted molar refractivity (Wildman–Crippen MR) is 78.2 cm³/mol. The van der Waals surface area contributed by atoms with Gasteiger partial charge in [-0.1, -0.05) is 19.9 Å². The van der Waals surface area contributed by atoms with E-state index >= 15 is 0 Å². The van der Waals surface area contributed by atoms with Gasteiger partial charge in [0.05, 0.1) is 18.7 Å². The molecule has 0 heterocycles. The monoisotopic (exact) mass is 318 g/mol. The van der Waals surface area contributed by atoms with Crippen molar-refractivity contribution >= 4 is 27.7 Å². The van der Waals surface area contributed by atoms with Gasteiger partial charge in [-0.25, -0.2) is 0 Å². The van der Waals surface area contributed by atoms with Gasteiger partial charge in [-0.3, -0.25) is 0 Å². The normalized spacial score (nSPS) is 10.7. The van der Waals surface area contributed by atoms with Gasteiger partial charge in [0.25, 0.3) is 0 Å². The number of benzene rings is 1. The molecule has 96 valence electrons. The summed E-state index contributed by atoms with van der Waals surface area (Å²) in [6, 6.07) is 4.04. The minimum atomic E-state index is 0.721. The molecule has 0 aliphatic heterocycles. The van der Waals surface area contributed by atoms with Crippen LogP contribution in [0.15, 0.2) is 16.6 Å². The van der Waals surface area contributed by atoms with Gasteiger partial charge in [0.1, 0.15) is 0 Å². The zero-order valence-corrected chi connectivity index (χ0v) is 13.2. The molecule has 0 N–H and O–H groups in total. The van der Waals surface area contributed by atoms with E-state index in [1.165, 1.54) is 11.3 Å². The summed E-state index contributed by atoms with van der Waals surface area (Å²) in [4.78, 5) is 0. The Bertz CT molecular complexity index is 367. The maximum Gasteiger partial charge on any atom is 0.175 e. The van der Waals surface area contributed by atoms with Gasteiger partial charge in [0, 0.05) is 5.75 Å². The summed E-state index contributed by atoms with van der Waals surface area (Å²) >= 11 is 5.52. The standard InChI is InChI=1S/C13H19BrO2S/c1-9(2)7-17-8-10-5-6-11(15-3)13(16-4)12(10)14/h5-6,9H,7-8H2,1-4H3. The van der Waals surface area contributed by atoms with Crippen molar-refractivity contribution in [1.82, 2.24) is 0 Å². The topological polar surface area (TPSA) is 18.5 Å². The Kier molecular flexibility index (Phi) is 6.20. The zero-order valence-electron chi connectivity index (χ0n) is 10.7. The first-order chi connectivity index (χ1) is 8.10. The molecule has 1 rings (SSSR count). The highest BCUT2D eigenvalue weighted by atomic mass is 79.9. The van der Waals surface area contributed by atoms with E-state index < -0.39 is 0 Å². The van der Waals surface area contributed by atoms with Crippen LogP contribution in [0.5, 0.6) is 11.5 Å². The van der Waals surface area contributed by atoms with Crippen molar-refractivity contribution in [2.24, 2.45) is 5.92 Å². The summed E-state index contributed by atoms with van der Waals surface area (Å²) in [7, 11) is 3.31. The van der Waals surface area contributed by atoms with E-state index in [0.29, 0.717) is 0 Å². The van der Waals surface area contributed by atoms with Crippen LogP contribution in [-0.2, 0) is 5.75 Å². The van der Waals surface area contributed by atoms with E-state index in [9.17, 15) is 0 Å². The molecule has 0 atom stereocenters. The molecule has 0 aliphatic carbocycles. The largest absolute Gasteiger partial charge is 0.493 e. The molecule has 0 aromatic heterocycles. The van der Waals surface area contributed by atoms with Crippen molar-refractivity contribution in [3.63, 3.8) is 0 Å². The minimum Gasteiger partial charge on any atom is -0.493 e. The first kappa shape index (κ1) is 14.7. The van der Waals surface area contributed by atoms with Gasteiger partial charge in [-0.15, -0.1) is 0 Å². The Morgan fingerprint density at radius 1 is 1.24 bits per heavy atom. The molecule has 0 spiro atoms. The third-order valence-electron chi connectivity index (χ3n) is 2.27. The Morgan fingerprint density at radius 3 is 2.47 bits per heavy atom. The van der Waals surface area contributed by atoms with Crippen LogP contribution in [0.2, 0.25) is 0 Å². The average Bonchev–Trinajstić information content (AvgIpc) is 2.30. The molecular formula is C13H19BrO2S. The van der Waals surface area contributed by atoms with E-state index in [4.69, 9.17) is 9.47 Å². The van der Waals surface area contributed by atoms with Crippen molar-refractivity contribution in [3.05, 3.63) is 22.2 Å². The lowest BCUT2D eigenvalue weighted by Gasteiger charge is -2.13. The van der Waals surface area contributed by atoms with Crippen molar-refractivity contribution in [1.29, 1.82) is 0 Å². The highest BCUT2D eigenvalue weighted by Gasteiger charge is 2.12. The van der Waals surface area contributed by atoms with Crippen LogP contribution < -0.4 is 9.47 Å². The van der Waals surface area contributed by atoms with Gasteiger partial charge in [-0.05, 0) is 39.2 Å². The fraction of sp³-hybridized carbons (Fsp3) is 0.538. The molecule has 1 aromatic carbocycles. The number of hydrogen-bond donors (Lipinski definition) is 0. The second-order valence-electron chi connectivity index (χ2n) is 4.18. The number of ether oxygens (including phenoxy) is 2. The molecule has 0 aliphatic rings. The average molecular weight is 319 g/mol. The number of rotatable bonds is 6. The van der Waals surface area contributed by atoms with E-state index in [1.807, 2.05) is 17.8 Å². The maximum atomic E-state index is 5.35. The third kappa shape index (κ3) is 4.11. The van der Waals surface area contributed by atoms with Gasteiger partial charge in [0.2, 0.25) is 0 Å². The molecule has 17 heavy (non-hydrogen) atoms. The third-order valence-corrected chi connectivity index (χ3v) is 4.56. The summed E-state index contributed by atoms with van der Waals surface area (Å²) in [5.41, 5.74) is 1.24. The van der Waals surface area contributed by atoms with E-state index in [0.717, 1.165) is 27.6 Å². The SMILES string of the molecule is COc1ccc(CSCC(C)C)c(Br)c1OC. The second kappa shape index (κ2) is 7.17. The van der Waals surface area contributed by atoms with Crippen LogP contribution in [0, 0.1) is 5.92 Å². The quantitative estimate of drug-likeness (QED) is 0.776. The van der Waals surface area contributed by atoms with Gasteiger partial charge in [-0.2, -0.15) is 11.8 Å². The lowest BCUT2D eigenvalue weighted by molar-refractivity contribution is 0.353. The van der Waals surface area contributed by atoms with Crippen molar-refractivity contribution in [2.75, 3.05) is 20.0 Å². The molecule has 0 radical (unpaired) electrons. The van der Waals surface area contributed by atoms with E-state index in [-0.39, 0.29) is 0 Å². The summed E-state index contributed by atoms with van der Waals surface area (Å²) in [5, 5.41) is 0. The lowest BCUT2D eigenvalue weighted by atomic mass is 10.2. The molecule has 0 saturated carbocycles. The summed E-state index contributed by atoms with van der Waals surface area (Å²) in [6.07, 6.45) is 0. The van der Waals surface area contributed by atoms with Crippen LogP contribution in [0.3, 0.4) is 0 Å². The smallest absolute Gasteiger partial charge is 0.175 e. The van der Waals surface area contributed by atoms with Gasteiger partial charge >= 0.3 is 0 Å². The van der Waals surface area contributed by atoms with E-state index in [1.54, 1.807) is 14.2 Å². The lowest BCUT2D eigenvalue weighted by Crippen LogP contribution is -1.96. The molecule has 4 heteroatoms. The van der Waals surface area contributed by atoms with Crippen LogP contribution >= 0.6 is 27.7 Å². The first-order valence-corrected chi connectivity index (χ1v) is 7.52. The Morgan fingerprint density at radius 2 is 1.94 bits per heavy atom. The molecular weight excluding hydrogens is 300 g/mol. The van der Waals surface area contributed by atoms with Crippen LogP contribution in [0.4, 0.5) is 0 Å². The first-order valence-electron chi connectivity index (χ1n) is 5.57. The van der Waals surface area contributed by atoms with E-state index in [2.05, 4.69) is 35.8 Å². The number of hydrogen-bond acceptors (Lipinski definition) is 3. The highest BCUT2D eigenvalue weighted by molar-refractivity contribution is 9.10. The number of thioether (sulfide) groups is 1. The van der Waals surface area contributed by atoms with Crippen molar-refractivity contribution in [2.45, 2.75) is 19.6 Å². The predicted octanol–water partition coefficient (Wildman–Crippen LogP) is 4.36. The summed E-state index contributed by atoms with van der Waals surface area (Å²) in [6.45, 7) is 4.47. The molecule has 1 aromatic rings. The maximum absolute atomic E-state index is 5.35. The summed E-state index contributed by atoms with van der Waals surface area (Å²) < 4.78 is 11.6. The highest BCUT2D eigenvalue weighted by Crippen LogP contribution is 2.38. The second-order valence-corrected chi connectivity index (χ2v) is 6.01. The fourth-order valence-electron chi connectivity index (χ4n) is 1.45. The molecule has 0 fully saturated rings. The molecule has 0 bridgehead atoms. The van der Waals surface area contributed by atoms with Crippen molar-refractivity contribution in [3.8, 4) is 11.5 Å². The molecule has 2 nitrogen and oxygen atoms in total. The number of halogens is 1.